The fourth-order valence-corrected chi connectivity index (χ4v) is 3.59. The van der Waals surface area contributed by atoms with Crippen molar-refractivity contribution >= 4 is 11.0 Å². The summed E-state index contributed by atoms with van der Waals surface area (Å²) >= 11 is 0. The molecule has 0 N–H and O–H groups in total. The van der Waals surface area contributed by atoms with Crippen LogP contribution < -0.4 is 5.56 Å². The number of benzene rings is 2. The Hall–Kier alpha value is -2.94. The molecule has 1 aromatic heterocycles. The van der Waals surface area contributed by atoms with Crippen LogP contribution in [0.1, 0.15) is 45.4 Å². The lowest BCUT2D eigenvalue weighted by atomic mass is 9.80. The van der Waals surface area contributed by atoms with Crippen LogP contribution >= 0.6 is 0 Å². The maximum Gasteiger partial charge on any atom is 0.273 e. The van der Waals surface area contributed by atoms with Gasteiger partial charge in [0.2, 0.25) is 0 Å². The van der Waals surface area contributed by atoms with E-state index in [1.165, 1.54) is 0 Å². The maximum atomic E-state index is 13.6. The van der Waals surface area contributed by atoms with Gasteiger partial charge < -0.3 is 4.57 Å². The Morgan fingerprint density at radius 1 is 1.07 bits per heavy atom. The van der Waals surface area contributed by atoms with Crippen LogP contribution in [-0.2, 0) is 12.0 Å². The summed E-state index contributed by atoms with van der Waals surface area (Å²) in [4.78, 5) is 18.4. The number of allylic oxidation sites excluding steroid dienone is 4. The molecular formula is C25H28N2O. The van der Waals surface area contributed by atoms with Gasteiger partial charge in [0, 0.05) is 5.41 Å². The summed E-state index contributed by atoms with van der Waals surface area (Å²) in [6.45, 7) is 8.81. The van der Waals surface area contributed by atoms with Crippen molar-refractivity contribution in [1.82, 2.24) is 9.55 Å². The third-order valence-electron chi connectivity index (χ3n) is 5.12. The minimum atomic E-state index is -0.484. The molecule has 0 aliphatic rings. The van der Waals surface area contributed by atoms with Crippen molar-refractivity contribution in [2.45, 2.75) is 46.1 Å². The maximum absolute atomic E-state index is 13.6. The first-order valence-corrected chi connectivity index (χ1v) is 9.86. The van der Waals surface area contributed by atoms with Gasteiger partial charge in [-0.15, -0.1) is 0 Å². The number of fused-ring (bicyclic) bond motifs is 1. The highest BCUT2D eigenvalue weighted by molar-refractivity contribution is 5.75. The molecule has 28 heavy (non-hydrogen) atoms. The molecule has 3 nitrogen and oxygen atoms in total. The van der Waals surface area contributed by atoms with Crippen molar-refractivity contribution in [1.29, 1.82) is 0 Å². The Balaban J connectivity index is 2.26. The van der Waals surface area contributed by atoms with Crippen LogP contribution in [0.4, 0.5) is 0 Å². The fraction of sp³-hybridized carbons (Fsp3) is 0.280. The number of hydrogen-bond acceptors (Lipinski definition) is 2. The van der Waals surface area contributed by atoms with E-state index in [0.717, 1.165) is 28.6 Å². The van der Waals surface area contributed by atoms with Crippen LogP contribution in [0.15, 0.2) is 83.2 Å². The van der Waals surface area contributed by atoms with Crippen molar-refractivity contribution in [3.8, 4) is 0 Å². The van der Waals surface area contributed by atoms with Crippen molar-refractivity contribution in [2.75, 3.05) is 0 Å². The van der Waals surface area contributed by atoms with Crippen molar-refractivity contribution in [2.24, 2.45) is 0 Å². The molecule has 3 heteroatoms. The largest absolute Gasteiger partial charge is 0.301 e. The van der Waals surface area contributed by atoms with Gasteiger partial charge in [-0.2, -0.15) is 0 Å². The molecule has 3 rings (SSSR count). The lowest BCUT2D eigenvalue weighted by Gasteiger charge is -2.27. The number of para-hydroxylation sites is 2. The monoisotopic (exact) mass is 372 g/mol. The predicted molar refractivity (Wildman–Crippen MR) is 118 cm³/mol. The smallest absolute Gasteiger partial charge is 0.273 e. The van der Waals surface area contributed by atoms with Crippen LogP contribution in [0, 0.1) is 0 Å². The van der Waals surface area contributed by atoms with Crippen molar-refractivity contribution < 1.29 is 0 Å². The fourth-order valence-electron chi connectivity index (χ4n) is 3.59. The van der Waals surface area contributed by atoms with E-state index in [-0.39, 0.29) is 5.56 Å². The second kappa shape index (κ2) is 8.39. The molecule has 0 amide bonds. The second-order valence-electron chi connectivity index (χ2n) is 7.52. The Morgan fingerprint density at radius 3 is 2.43 bits per heavy atom. The molecule has 0 unspecified atom stereocenters. The third-order valence-corrected chi connectivity index (χ3v) is 5.12. The first kappa shape index (κ1) is 19.8. The molecule has 0 saturated carbocycles. The minimum Gasteiger partial charge on any atom is -0.301 e. The third kappa shape index (κ3) is 3.84. The lowest BCUT2D eigenvalue weighted by Crippen LogP contribution is -2.35. The van der Waals surface area contributed by atoms with Gasteiger partial charge in [-0.05, 0) is 50.5 Å². The molecule has 0 atom stereocenters. The first-order valence-electron chi connectivity index (χ1n) is 9.86. The summed E-state index contributed by atoms with van der Waals surface area (Å²) in [7, 11) is 0. The number of hydrogen-bond donors (Lipinski definition) is 0. The first-order chi connectivity index (χ1) is 13.5. The van der Waals surface area contributed by atoms with Gasteiger partial charge in [-0.25, -0.2) is 4.98 Å². The topological polar surface area (TPSA) is 34.9 Å². The highest BCUT2D eigenvalue weighted by Crippen LogP contribution is 2.30. The molecule has 2 aromatic carbocycles. The summed E-state index contributed by atoms with van der Waals surface area (Å²) < 4.78 is 1.86. The van der Waals surface area contributed by atoms with E-state index in [1.54, 1.807) is 0 Å². The standard InChI is InChI=1S/C25H28N2O/c1-5-12-20(13-6-2)25(3,4)23-24(28)27(18-19-14-8-7-9-15-19)22-17-11-10-16-21(22)26-23/h5,7-17H,6,18H2,1-4H3/b12-5-,20-13+. The SMILES string of the molecule is C/C=C\C(=C/CC)C(C)(C)c1nc2ccccc2n(Cc2ccccc2)c1=O. The minimum absolute atomic E-state index is 0.0286. The molecule has 0 radical (unpaired) electrons. The molecule has 0 spiro atoms. The van der Waals surface area contributed by atoms with Crippen molar-refractivity contribution in [3.05, 3.63) is 100 Å². The van der Waals surface area contributed by atoms with Gasteiger partial charge in [0.05, 0.1) is 17.6 Å². The van der Waals surface area contributed by atoms with Gasteiger partial charge in [-0.1, -0.05) is 67.6 Å². The zero-order valence-corrected chi connectivity index (χ0v) is 17.1. The summed E-state index contributed by atoms with van der Waals surface area (Å²) in [6.07, 6.45) is 7.20. The molecular weight excluding hydrogens is 344 g/mol. The van der Waals surface area contributed by atoms with Crippen LogP contribution in [-0.4, -0.2) is 9.55 Å². The molecule has 0 aliphatic carbocycles. The van der Waals surface area contributed by atoms with Crippen LogP contribution in [0.25, 0.3) is 11.0 Å². The molecule has 0 saturated heterocycles. The average molecular weight is 373 g/mol. The van der Waals surface area contributed by atoms with E-state index in [2.05, 4.69) is 45.1 Å². The Kier molecular flexibility index (Phi) is 5.93. The lowest BCUT2D eigenvalue weighted by molar-refractivity contribution is 0.590. The number of nitrogens with zero attached hydrogens (tertiary/aromatic N) is 2. The van der Waals surface area contributed by atoms with Crippen LogP contribution in [0.5, 0.6) is 0 Å². The zero-order valence-electron chi connectivity index (χ0n) is 17.1. The summed E-state index contributed by atoms with van der Waals surface area (Å²) in [5.74, 6) is 0. The molecule has 1 heterocycles. The van der Waals surface area contributed by atoms with Gasteiger partial charge in [0.15, 0.2) is 0 Å². The second-order valence-corrected chi connectivity index (χ2v) is 7.52. The van der Waals surface area contributed by atoms with E-state index in [9.17, 15) is 4.79 Å². The van der Waals surface area contributed by atoms with Crippen LogP contribution in [0.2, 0.25) is 0 Å². The van der Waals surface area contributed by atoms with Gasteiger partial charge >= 0.3 is 0 Å². The van der Waals surface area contributed by atoms with E-state index >= 15 is 0 Å². The molecule has 144 valence electrons. The number of rotatable bonds is 6. The van der Waals surface area contributed by atoms with E-state index in [1.807, 2.05) is 60.0 Å². The molecule has 3 aromatic rings. The van der Waals surface area contributed by atoms with Crippen molar-refractivity contribution in [3.63, 3.8) is 0 Å². The zero-order chi connectivity index (χ0) is 20.1. The van der Waals surface area contributed by atoms with E-state index in [4.69, 9.17) is 4.98 Å². The summed E-state index contributed by atoms with van der Waals surface area (Å²) in [5.41, 5.74) is 3.99. The van der Waals surface area contributed by atoms with Gasteiger partial charge in [-0.3, -0.25) is 4.79 Å². The number of aromatic nitrogens is 2. The Morgan fingerprint density at radius 2 is 1.75 bits per heavy atom. The Labute approximate surface area is 167 Å². The van der Waals surface area contributed by atoms with E-state index < -0.39 is 5.41 Å². The van der Waals surface area contributed by atoms with Gasteiger partial charge in [0.25, 0.3) is 5.56 Å². The van der Waals surface area contributed by atoms with E-state index in [0.29, 0.717) is 12.2 Å². The average Bonchev–Trinajstić information content (AvgIpc) is 2.70. The molecule has 0 fully saturated rings. The van der Waals surface area contributed by atoms with Crippen LogP contribution in [0.3, 0.4) is 0 Å². The normalized spacial score (nSPS) is 12.8. The van der Waals surface area contributed by atoms with Gasteiger partial charge in [0.1, 0.15) is 5.69 Å². The summed E-state index contributed by atoms with van der Waals surface area (Å²) in [5, 5.41) is 0. The Bertz CT molecular complexity index is 1070. The molecule has 0 aliphatic heterocycles. The quantitative estimate of drug-likeness (QED) is 0.525. The predicted octanol–water partition coefficient (Wildman–Crippen LogP) is 5.63. The highest BCUT2D eigenvalue weighted by Gasteiger charge is 2.30. The highest BCUT2D eigenvalue weighted by atomic mass is 16.1. The molecule has 0 bridgehead atoms. The summed E-state index contributed by atoms with van der Waals surface area (Å²) in [6, 6.07) is 18.0.